The SMILES string of the molecule is CSCC(=O)C1CCC2C3CCC4=CC(=O)CCC4=C3C(c3ccc(N(C)C)cc3)CC12C. The van der Waals surface area contributed by atoms with Gasteiger partial charge in [0.25, 0.3) is 0 Å². The standard InChI is InChI=1S/C29H37NO2S/c1-29-16-24(18-5-8-20(9-6-18)30(2)3)28-22-12-10-21(31)15-19(22)7-11-23(28)25(29)13-14-26(29)27(32)17-33-4/h5-6,8-9,15,23-26H,7,10-14,16-17H2,1-4H3. The summed E-state index contributed by atoms with van der Waals surface area (Å²) in [5.74, 6) is 3.08. The molecule has 0 spiro atoms. The van der Waals surface area contributed by atoms with Crippen molar-refractivity contribution in [3.05, 3.63) is 52.6 Å². The predicted octanol–water partition coefficient (Wildman–Crippen LogP) is 6.20. The summed E-state index contributed by atoms with van der Waals surface area (Å²) in [6.45, 7) is 2.44. The number of thioether (sulfide) groups is 1. The van der Waals surface area contributed by atoms with Crippen LogP contribution in [0.15, 0.2) is 47.1 Å². The van der Waals surface area contributed by atoms with Crippen molar-refractivity contribution in [2.45, 2.75) is 57.8 Å². The molecule has 4 aliphatic carbocycles. The van der Waals surface area contributed by atoms with Gasteiger partial charge in [0.15, 0.2) is 5.78 Å². The molecule has 2 saturated carbocycles. The number of rotatable bonds is 5. The largest absolute Gasteiger partial charge is 0.378 e. The maximum atomic E-state index is 13.2. The van der Waals surface area contributed by atoms with Crippen LogP contribution in [0.4, 0.5) is 5.69 Å². The van der Waals surface area contributed by atoms with Gasteiger partial charge in [0.1, 0.15) is 5.78 Å². The Hall–Kier alpha value is -1.81. The molecule has 0 heterocycles. The number of allylic oxidation sites excluding steroid dienone is 4. The quantitative estimate of drug-likeness (QED) is 0.521. The van der Waals surface area contributed by atoms with Gasteiger partial charge in [0, 0.05) is 38.0 Å². The van der Waals surface area contributed by atoms with Gasteiger partial charge in [0.2, 0.25) is 0 Å². The zero-order chi connectivity index (χ0) is 23.3. The van der Waals surface area contributed by atoms with Crippen LogP contribution in [0.3, 0.4) is 0 Å². The van der Waals surface area contributed by atoms with Crippen molar-refractivity contribution in [1.82, 2.24) is 0 Å². The first kappa shape index (κ1) is 23.0. The summed E-state index contributed by atoms with van der Waals surface area (Å²) in [5.41, 5.74) is 7.09. The van der Waals surface area contributed by atoms with Gasteiger partial charge >= 0.3 is 0 Å². The molecular formula is C29H37NO2S. The fourth-order valence-electron chi connectivity index (χ4n) is 7.73. The Morgan fingerprint density at radius 2 is 1.85 bits per heavy atom. The topological polar surface area (TPSA) is 37.4 Å². The second-order valence-electron chi connectivity index (χ2n) is 11.1. The molecule has 4 heteroatoms. The molecule has 0 amide bonds. The summed E-state index contributed by atoms with van der Waals surface area (Å²) < 4.78 is 0. The predicted molar refractivity (Wildman–Crippen MR) is 138 cm³/mol. The van der Waals surface area contributed by atoms with E-state index in [-0.39, 0.29) is 11.3 Å². The first-order valence-corrected chi connectivity index (χ1v) is 14.0. The van der Waals surface area contributed by atoms with Crippen LogP contribution in [0.2, 0.25) is 0 Å². The second kappa shape index (κ2) is 8.76. The first-order valence-electron chi connectivity index (χ1n) is 12.6. The Balaban J connectivity index is 1.62. The van der Waals surface area contributed by atoms with Crippen molar-refractivity contribution >= 4 is 29.0 Å². The number of Topliss-reactive ketones (excluding diaryl/α,β-unsaturated/α-hetero) is 1. The van der Waals surface area contributed by atoms with Crippen molar-refractivity contribution in [3.63, 3.8) is 0 Å². The van der Waals surface area contributed by atoms with E-state index in [9.17, 15) is 9.59 Å². The minimum Gasteiger partial charge on any atom is -0.378 e. The van der Waals surface area contributed by atoms with Crippen LogP contribution >= 0.6 is 11.8 Å². The van der Waals surface area contributed by atoms with Crippen molar-refractivity contribution in [2.75, 3.05) is 31.0 Å². The summed E-state index contributed by atoms with van der Waals surface area (Å²) in [7, 11) is 4.17. The van der Waals surface area contributed by atoms with Gasteiger partial charge in [-0.25, -0.2) is 0 Å². The number of hydrogen-bond donors (Lipinski definition) is 0. The molecule has 3 nitrogen and oxygen atoms in total. The van der Waals surface area contributed by atoms with Crippen molar-refractivity contribution < 1.29 is 9.59 Å². The molecule has 5 unspecified atom stereocenters. The summed E-state index contributed by atoms with van der Waals surface area (Å²) in [5, 5.41) is 0. The van der Waals surface area contributed by atoms with Crippen LogP contribution in [0, 0.1) is 23.2 Å². The fourth-order valence-corrected chi connectivity index (χ4v) is 8.22. The van der Waals surface area contributed by atoms with Crippen LogP contribution in [0.25, 0.3) is 0 Å². The molecule has 0 aromatic heterocycles. The Bertz CT molecular complexity index is 1020. The molecular weight excluding hydrogens is 426 g/mol. The minimum absolute atomic E-state index is 0.0676. The van der Waals surface area contributed by atoms with Crippen molar-refractivity contribution in [1.29, 1.82) is 0 Å². The van der Waals surface area contributed by atoms with Gasteiger partial charge in [-0.05, 0) is 96.9 Å². The third kappa shape index (κ3) is 3.83. The second-order valence-corrected chi connectivity index (χ2v) is 12.0. The van der Waals surface area contributed by atoms with Crippen molar-refractivity contribution in [2.24, 2.45) is 23.2 Å². The Labute approximate surface area is 203 Å². The molecule has 2 fully saturated rings. The molecule has 0 aliphatic heterocycles. The molecule has 1 aromatic rings. The summed E-state index contributed by atoms with van der Waals surface area (Å²) in [6.07, 6.45) is 11.0. The van der Waals surface area contributed by atoms with E-state index in [4.69, 9.17) is 0 Å². The number of hydrogen-bond acceptors (Lipinski definition) is 4. The van der Waals surface area contributed by atoms with E-state index in [2.05, 4.69) is 50.2 Å². The molecule has 33 heavy (non-hydrogen) atoms. The third-order valence-corrected chi connectivity index (χ3v) is 9.79. The monoisotopic (exact) mass is 463 g/mol. The zero-order valence-electron chi connectivity index (χ0n) is 20.5. The third-order valence-electron chi connectivity index (χ3n) is 9.22. The lowest BCUT2D eigenvalue weighted by Gasteiger charge is -2.52. The summed E-state index contributed by atoms with van der Waals surface area (Å²) in [4.78, 5) is 27.6. The lowest BCUT2D eigenvalue weighted by Crippen LogP contribution is -2.45. The molecule has 5 rings (SSSR count). The zero-order valence-corrected chi connectivity index (χ0v) is 21.3. The van der Waals surface area contributed by atoms with Gasteiger partial charge in [-0.1, -0.05) is 24.6 Å². The summed E-state index contributed by atoms with van der Waals surface area (Å²) >= 11 is 1.67. The number of ketones is 2. The van der Waals surface area contributed by atoms with E-state index in [0.29, 0.717) is 41.5 Å². The highest BCUT2D eigenvalue weighted by atomic mass is 32.2. The fraction of sp³-hybridized carbons (Fsp3) is 0.586. The molecule has 176 valence electrons. The van der Waals surface area contributed by atoms with Crippen LogP contribution in [-0.2, 0) is 9.59 Å². The number of anilines is 1. The highest BCUT2D eigenvalue weighted by Crippen LogP contribution is 2.65. The number of carbonyl (C=O) groups is 2. The van der Waals surface area contributed by atoms with Crippen LogP contribution in [0.5, 0.6) is 0 Å². The summed E-state index contributed by atoms with van der Waals surface area (Å²) in [6, 6.07) is 9.10. The smallest absolute Gasteiger partial charge is 0.156 e. The average Bonchev–Trinajstić information content (AvgIpc) is 3.15. The van der Waals surface area contributed by atoms with Crippen LogP contribution in [0.1, 0.15) is 63.4 Å². The van der Waals surface area contributed by atoms with E-state index in [0.717, 1.165) is 32.1 Å². The molecule has 0 radical (unpaired) electrons. The van der Waals surface area contributed by atoms with E-state index in [1.807, 2.05) is 12.3 Å². The highest BCUT2D eigenvalue weighted by Gasteiger charge is 2.57. The van der Waals surface area contributed by atoms with E-state index >= 15 is 0 Å². The molecule has 1 aromatic carbocycles. The van der Waals surface area contributed by atoms with Crippen LogP contribution < -0.4 is 4.90 Å². The Morgan fingerprint density at radius 1 is 1.09 bits per heavy atom. The molecule has 5 atom stereocenters. The van der Waals surface area contributed by atoms with E-state index < -0.39 is 0 Å². The molecule has 0 saturated heterocycles. The molecule has 0 N–H and O–H groups in total. The van der Waals surface area contributed by atoms with Gasteiger partial charge in [-0.2, -0.15) is 11.8 Å². The minimum atomic E-state index is 0.0676. The molecule has 0 bridgehead atoms. The number of nitrogens with zero attached hydrogens (tertiary/aromatic N) is 1. The Kier molecular flexibility index (Phi) is 6.09. The maximum absolute atomic E-state index is 13.2. The number of carbonyl (C=O) groups excluding carboxylic acids is 2. The average molecular weight is 464 g/mol. The van der Waals surface area contributed by atoms with Crippen LogP contribution in [-0.4, -0.2) is 37.7 Å². The molecule has 4 aliphatic rings. The highest BCUT2D eigenvalue weighted by molar-refractivity contribution is 7.99. The number of benzene rings is 1. The van der Waals surface area contributed by atoms with Gasteiger partial charge in [0.05, 0.1) is 5.75 Å². The van der Waals surface area contributed by atoms with E-state index in [1.54, 1.807) is 17.3 Å². The van der Waals surface area contributed by atoms with E-state index in [1.165, 1.54) is 28.8 Å². The van der Waals surface area contributed by atoms with Crippen molar-refractivity contribution in [3.8, 4) is 0 Å². The number of fused-ring (bicyclic) bond motifs is 4. The lowest BCUT2D eigenvalue weighted by molar-refractivity contribution is -0.124. The first-order chi connectivity index (χ1) is 15.8. The van der Waals surface area contributed by atoms with Gasteiger partial charge in [-0.15, -0.1) is 0 Å². The normalized spacial score (nSPS) is 33.2. The van der Waals surface area contributed by atoms with Gasteiger partial charge < -0.3 is 4.90 Å². The Morgan fingerprint density at radius 3 is 2.55 bits per heavy atom. The van der Waals surface area contributed by atoms with Gasteiger partial charge in [-0.3, -0.25) is 9.59 Å². The maximum Gasteiger partial charge on any atom is 0.156 e. The lowest BCUT2D eigenvalue weighted by atomic mass is 9.51.